The highest BCUT2D eigenvalue weighted by atomic mass is 32.2. The van der Waals surface area contributed by atoms with Crippen LogP contribution in [0.5, 0.6) is 0 Å². The molecule has 2 aliphatic carbocycles. The molecule has 11 heteroatoms. The molecule has 0 unspecified atom stereocenters. The van der Waals surface area contributed by atoms with Crippen molar-refractivity contribution >= 4 is 35.3 Å². The zero-order chi connectivity index (χ0) is 33.3. The van der Waals surface area contributed by atoms with Crippen molar-refractivity contribution in [3.8, 4) is 5.69 Å². The molecule has 46 heavy (non-hydrogen) atoms. The molecular weight excluding hydrogens is 600 g/mol. The number of aryl methyl sites for hydroxylation is 1. The quantitative estimate of drug-likeness (QED) is 0.226. The predicted octanol–water partition coefficient (Wildman–Crippen LogP) is 4.99. The van der Waals surface area contributed by atoms with Gasteiger partial charge in [-0.15, -0.1) is 0 Å². The lowest BCUT2D eigenvalue weighted by molar-refractivity contribution is -0.133. The number of amides is 3. The maximum atomic E-state index is 14.3. The number of rotatable bonds is 14. The van der Waals surface area contributed by atoms with Crippen LogP contribution in [0, 0.1) is 18.8 Å². The minimum Gasteiger partial charge on any atom is -0.381 e. The van der Waals surface area contributed by atoms with E-state index in [1.165, 1.54) is 0 Å². The molecule has 1 aromatic carbocycles. The van der Waals surface area contributed by atoms with Crippen molar-refractivity contribution in [3.63, 3.8) is 0 Å². The van der Waals surface area contributed by atoms with Crippen molar-refractivity contribution in [1.29, 1.82) is 0 Å². The highest BCUT2D eigenvalue weighted by Crippen LogP contribution is 2.36. The highest BCUT2D eigenvalue weighted by molar-refractivity contribution is 8.00. The van der Waals surface area contributed by atoms with E-state index in [4.69, 9.17) is 4.74 Å². The first-order valence-corrected chi connectivity index (χ1v) is 17.9. The summed E-state index contributed by atoms with van der Waals surface area (Å²) in [5.41, 5.74) is 1.59. The van der Waals surface area contributed by atoms with Crippen molar-refractivity contribution in [2.75, 3.05) is 25.2 Å². The van der Waals surface area contributed by atoms with Crippen LogP contribution in [0.2, 0.25) is 0 Å². The van der Waals surface area contributed by atoms with Gasteiger partial charge < -0.3 is 26.0 Å². The van der Waals surface area contributed by atoms with Gasteiger partial charge in [-0.25, -0.2) is 4.68 Å². The topological polar surface area (TPSA) is 126 Å². The van der Waals surface area contributed by atoms with Gasteiger partial charge in [-0.05, 0) is 103 Å². The number of hydrogen-bond donors (Lipinski definition) is 4. The number of carbonyl (C=O) groups excluding carboxylic acids is 3. The number of anilines is 1. The summed E-state index contributed by atoms with van der Waals surface area (Å²) in [6.45, 7) is 7.72. The van der Waals surface area contributed by atoms with E-state index in [1.54, 1.807) is 37.5 Å². The Balaban J connectivity index is 1.59. The average molecular weight is 655 g/mol. The minimum absolute atomic E-state index is 0.0133. The van der Waals surface area contributed by atoms with Gasteiger partial charge >= 0.3 is 0 Å². The Kier molecular flexibility index (Phi) is 13.1. The van der Waals surface area contributed by atoms with Crippen LogP contribution < -0.4 is 21.3 Å². The lowest BCUT2D eigenvalue weighted by Gasteiger charge is -2.37. The number of nitrogens with one attached hydrogen (secondary N) is 4. The predicted molar refractivity (Wildman–Crippen MR) is 185 cm³/mol. The second kappa shape index (κ2) is 16.8. The Bertz CT molecular complexity index is 1290. The number of likely N-dealkylation sites (N-methyl/N-ethyl adjacent to an activating group) is 1. The number of hydrogen-bond acceptors (Lipinski definition) is 7. The first kappa shape index (κ1) is 36.0. The standard InChI is InChI=1S/C35H54N6O4S/c1-23-21-29(41(40-23)27-15-11-8-12-16-27)37-34(44)31(35(3,4)46-22-25-17-19-28(45-6)20-18-25)39-33(43)30(26-13-9-7-10-14-26)38-32(42)24(2)36-5/h8,11-12,15-16,21,24-26,28,30-31,36H,7,9-10,13-14,17-20,22H2,1-6H3,(H,37,44)(H,38,42)(H,39,43)/t24-,25?,28?,30-,31+/m0/s1. The Hall–Kier alpha value is -2.89. The van der Waals surface area contributed by atoms with Crippen LogP contribution in [0.25, 0.3) is 5.69 Å². The third kappa shape index (κ3) is 9.58. The Labute approximate surface area is 278 Å². The molecule has 254 valence electrons. The fraction of sp³-hybridized carbons (Fsp3) is 0.657. The normalized spacial score (nSPS) is 21.2. The lowest BCUT2D eigenvalue weighted by atomic mass is 9.83. The molecule has 1 aromatic heterocycles. The molecule has 1 heterocycles. The van der Waals surface area contributed by atoms with Crippen LogP contribution in [0.15, 0.2) is 36.4 Å². The Morgan fingerprint density at radius 2 is 1.65 bits per heavy atom. The van der Waals surface area contributed by atoms with E-state index in [0.717, 1.165) is 74.9 Å². The van der Waals surface area contributed by atoms with E-state index >= 15 is 0 Å². The fourth-order valence-corrected chi connectivity index (χ4v) is 7.90. The summed E-state index contributed by atoms with van der Waals surface area (Å²) < 4.78 is 6.64. The molecule has 2 aromatic rings. The average Bonchev–Trinajstić information content (AvgIpc) is 3.44. The summed E-state index contributed by atoms with van der Waals surface area (Å²) >= 11 is 1.72. The van der Waals surface area contributed by atoms with Crippen molar-refractivity contribution in [2.45, 2.75) is 114 Å². The smallest absolute Gasteiger partial charge is 0.249 e. The summed E-state index contributed by atoms with van der Waals surface area (Å²) in [6, 6.07) is 9.45. The molecule has 10 nitrogen and oxygen atoms in total. The SMILES string of the molecule is CN[C@@H](C)C(=O)N[C@H](C(=O)N[C@H](C(=O)Nc1cc(C)nn1-c1ccccc1)C(C)(C)SCC1CCC(OC)CC1)C1CCCCC1. The molecule has 0 spiro atoms. The van der Waals surface area contributed by atoms with Crippen LogP contribution in [0.1, 0.15) is 84.3 Å². The van der Waals surface area contributed by atoms with Crippen molar-refractivity contribution in [2.24, 2.45) is 11.8 Å². The molecule has 0 aliphatic heterocycles. The van der Waals surface area contributed by atoms with E-state index in [0.29, 0.717) is 17.8 Å². The maximum Gasteiger partial charge on any atom is 0.249 e. The summed E-state index contributed by atoms with van der Waals surface area (Å²) in [5, 5.41) is 16.9. The molecular formula is C35H54N6O4S. The number of nitrogens with zero attached hydrogens (tertiary/aromatic N) is 2. The number of methoxy groups -OCH3 is 1. The van der Waals surface area contributed by atoms with Gasteiger partial charge in [0.15, 0.2) is 0 Å². The van der Waals surface area contributed by atoms with Crippen molar-refractivity contribution < 1.29 is 19.1 Å². The number of ether oxygens (including phenoxy) is 1. The summed E-state index contributed by atoms with van der Waals surface area (Å²) in [4.78, 5) is 41.5. The molecule has 0 radical (unpaired) electrons. The monoisotopic (exact) mass is 654 g/mol. The first-order valence-electron chi connectivity index (χ1n) is 16.9. The van der Waals surface area contributed by atoms with Crippen LogP contribution in [0.4, 0.5) is 5.82 Å². The molecule has 0 bridgehead atoms. The minimum atomic E-state index is -0.871. The van der Waals surface area contributed by atoms with Crippen LogP contribution in [-0.4, -0.2) is 76.4 Å². The summed E-state index contributed by atoms with van der Waals surface area (Å²) in [5.74, 6) is 1.10. The molecule has 3 amide bonds. The zero-order valence-electron chi connectivity index (χ0n) is 28.4. The largest absolute Gasteiger partial charge is 0.381 e. The van der Waals surface area contributed by atoms with E-state index < -0.39 is 22.9 Å². The van der Waals surface area contributed by atoms with Crippen molar-refractivity contribution in [1.82, 2.24) is 25.7 Å². The van der Waals surface area contributed by atoms with Gasteiger partial charge in [-0.1, -0.05) is 37.5 Å². The van der Waals surface area contributed by atoms with Crippen LogP contribution in [-0.2, 0) is 19.1 Å². The summed E-state index contributed by atoms with van der Waals surface area (Å²) in [6.07, 6.45) is 9.46. The number of thioether (sulfide) groups is 1. The van der Waals surface area contributed by atoms with Gasteiger partial charge in [0.25, 0.3) is 0 Å². The van der Waals surface area contributed by atoms with Gasteiger partial charge in [0.2, 0.25) is 17.7 Å². The van der Waals surface area contributed by atoms with E-state index in [9.17, 15) is 14.4 Å². The van der Waals surface area contributed by atoms with Crippen molar-refractivity contribution in [3.05, 3.63) is 42.1 Å². The van der Waals surface area contributed by atoms with Gasteiger partial charge in [0.05, 0.1) is 23.5 Å². The number of para-hydroxylation sites is 1. The van der Waals surface area contributed by atoms with Gasteiger partial charge in [0, 0.05) is 17.9 Å². The van der Waals surface area contributed by atoms with Gasteiger partial charge in [-0.2, -0.15) is 16.9 Å². The lowest BCUT2D eigenvalue weighted by Crippen LogP contribution is -2.61. The molecule has 4 N–H and O–H groups in total. The number of benzene rings is 1. The van der Waals surface area contributed by atoms with E-state index in [2.05, 4.69) is 26.4 Å². The van der Waals surface area contributed by atoms with Crippen LogP contribution in [0.3, 0.4) is 0 Å². The second-order valence-corrected chi connectivity index (χ2v) is 15.2. The molecule has 0 saturated heterocycles. The van der Waals surface area contributed by atoms with E-state index in [1.807, 2.05) is 57.2 Å². The van der Waals surface area contributed by atoms with Gasteiger partial charge in [-0.3, -0.25) is 14.4 Å². The molecule has 4 rings (SSSR count). The summed E-state index contributed by atoms with van der Waals surface area (Å²) in [7, 11) is 3.51. The van der Waals surface area contributed by atoms with E-state index in [-0.39, 0.29) is 23.6 Å². The zero-order valence-corrected chi connectivity index (χ0v) is 29.3. The maximum absolute atomic E-state index is 14.3. The first-order chi connectivity index (χ1) is 22.0. The molecule has 2 aliphatic rings. The van der Waals surface area contributed by atoms with Crippen LogP contribution >= 0.6 is 11.8 Å². The highest BCUT2D eigenvalue weighted by Gasteiger charge is 2.41. The third-order valence-corrected chi connectivity index (χ3v) is 11.3. The molecule has 2 saturated carbocycles. The second-order valence-electron chi connectivity index (χ2n) is 13.5. The number of carbonyl (C=O) groups is 3. The molecule has 3 atom stereocenters. The Morgan fingerprint density at radius 3 is 2.28 bits per heavy atom. The number of aromatic nitrogens is 2. The molecule has 2 fully saturated rings. The third-order valence-electron chi connectivity index (χ3n) is 9.67. The Morgan fingerprint density at radius 1 is 0.978 bits per heavy atom. The van der Waals surface area contributed by atoms with Gasteiger partial charge in [0.1, 0.15) is 17.9 Å². The fourth-order valence-electron chi connectivity index (χ4n) is 6.56.